The van der Waals surface area contributed by atoms with Crippen molar-refractivity contribution in [2.24, 2.45) is 0 Å². The van der Waals surface area contributed by atoms with E-state index >= 15 is 35.1 Å². The molecule has 0 unspecified atom stereocenters. The molecule has 6 aliphatic rings. The summed E-state index contributed by atoms with van der Waals surface area (Å²) in [5.41, 5.74) is 13.8. The molecule has 0 radical (unpaired) electrons. The van der Waals surface area contributed by atoms with Gasteiger partial charge in [-0.2, -0.15) is 0 Å². The Hall–Kier alpha value is -16.2. The monoisotopic (exact) mass is 1670 g/mol. The highest BCUT2D eigenvalue weighted by molar-refractivity contribution is 7.04. The molecule has 9 nitrogen and oxygen atoms in total. The lowest BCUT2D eigenvalue weighted by Gasteiger charge is -2.47. The van der Waals surface area contributed by atoms with Crippen LogP contribution in [0.3, 0.4) is 0 Å². The first kappa shape index (κ1) is 71.2. The number of nitrogens with zero attached hydrogens (tertiary/aromatic N) is 8. The van der Waals surface area contributed by atoms with Gasteiger partial charge in [0.05, 0.1) is 55.7 Å². The van der Waals surface area contributed by atoms with Gasteiger partial charge in [-0.3, -0.25) is 0 Å². The maximum absolute atomic E-state index is 18.8. The maximum Gasteiger partial charge on any atom is 0.256 e. The molecule has 600 valence electrons. The molecule has 28 rings (SSSR count). The molecule has 4 aromatic heterocycles. The number of anilines is 12. The van der Waals surface area contributed by atoms with E-state index in [2.05, 4.69) is 80.4 Å². The molecule has 128 heavy (non-hydrogen) atoms. The van der Waals surface area contributed by atoms with Crippen LogP contribution in [0.15, 0.2) is 346 Å². The molecule has 0 N–H and O–H groups in total. The van der Waals surface area contributed by atoms with E-state index in [1.165, 1.54) is 82.6 Å². The van der Waals surface area contributed by atoms with Crippen LogP contribution in [0, 0.1) is 46.5 Å². The van der Waals surface area contributed by atoms with Gasteiger partial charge in [0.25, 0.3) is 20.1 Å². The van der Waals surface area contributed by atoms with Crippen molar-refractivity contribution in [2.75, 3.05) is 19.6 Å². The summed E-state index contributed by atoms with van der Waals surface area (Å²) in [5, 5.41) is 7.46. The summed E-state index contributed by atoms with van der Waals surface area (Å²) >= 11 is 0. The predicted molar refractivity (Wildman–Crippen MR) is 503 cm³/mol. The van der Waals surface area contributed by atoms with Gasteiger partial charge in [0, 0.05) is 106 Å². The van der Waals surface area contributed by atoms with E-state index in [0.717, 1.165) is 81.7 Å². The smallest absolute Gasteiger partial charge is 0.256 e. The third kappa shape index (κ3) is 9.30. The third-order valence-corrected chi connectivity index (χ3v) is 27.6. The van der Waals surface area contributed by atoms with E-state index in [-0.39, 0.29) is 34.1 Å². The fraction of sp³-hybridized carbons (Fsp3) is 0. The molecule has 18 aromatic carbocycles. The van der Waals surface area contributed by atoms with Crippen molar-refractivity contribution in [2.45, 2.75) is 0 Å². The van der Waals surface area contributed by atoms with Crippen molar-refractivity contribution in [1.29, 1.82) is 0 Å². The summed E-state index contributed by atoms with van der Waals surface area (Å²) in [7, 11) is 0. The highest BCUT2D eigenvalue weighted by atomic mass is 19.2. The highest BCUT2D eigenvalue weighted by Crippen LogP contribution is 2.55. The molecule has 0 spiro atoms. The molecule has 20 heteroatoms. The normalized spacial score (nSPS) is 13.6. The van der Waals surface area contributed by atoms with E-state index in [1.54, 1.807) is 15.9 Å². The maximum atomic E-state index is 18.8. The van der Waals surface area contributed by atoms with Crippen molar-refractivity contribution in [1.82, 2.24) is 18.3 Å². The molecule has 22 aromatic rings. The zero-order valence-corrected chi connectivity index (χ0v) is 67.2. The molecule has 0 atom stereocenters. The van der Waals surface area contributed by atoms with Crippen molar-refractivity contribution in [3.05, 3.63) is 392 Å². The number of hydrogen-bond acceptors (Lipinski definition) is 5. The predicted octanol–water partition coefficient (Wildman–Crippen LogP) is 22.3. The number of hydrogen-bond donors (Lipinski definition) is 0. The van der Waals surface area contributed by atoms with Crippen LogP contribution in [0.4, 0.5) is 103 Å². The lowest BCUT2D eigenvalue weighted by molar-refractivity contribution is 0.487. The van der Waals surface area contributed by atoms with Gasteiger partial charge in [-0.25, -0.2) is 35.1 Å². The number of halogens is 8. The van der Waals surface area contributed by atoms with Gasteiger partial charge >= 0.3 is 0 Å². The van der Waals surface area contributed by atoms with E-state index < -0.39 is 89.4 Å². The third-order valence-electron chi connectivity index (χ3n) is 27.6. The molecule has 0 saturated carbocycles. The SMILES string of the molecule is Fc1cccc(F)c1N1c2cc3c(cc2B2c4ccccc4Oc4cc(-n5c6ccccc6c6ccccc65)cc1c42)B1c2cc4c(cc2N(c2c(F)cccc2F)c2cc(-n5c6ccccc6c6ccccc65)cc(c21)N3c1c(F)cccc1F)N(c1c(F)cccc1F)c1cc(-n2c3ccccc3c3ccccc32)cc2c1B4c1cccc3c4ccccc4n-2c13. The number of para-hydroxylation sites is 13. The molecule has 0 fully saturated rings. The average molecular weight is 1670 g/mol. The van der Waals surface area contributed by atoms with E-state index in [0.29, 0.717) is 100 Å². The zero-order chi connectivity index (χ0) is 84.8. The minimum atomic E-state index is -1.17. The van der Waals surface area contributed by atoms with Crippen molar-refractivity contribution < 1.29 is 39.9 Å². The fourth-order valence-electron chi connectivity index (χ4n) is 22.8. The van der Waals surface area contributed by atoms with Gasteiger partial charge in [0.15, 0.2) is 0 Å². The minimum absolute atomic E-state index is 0.154. The number of benzene rings is 18. The van der Waals surface area contributed by atoms with Gasteiger partial charge in [-0.05, 0) is 189 Å². The van der Waals surface area contributed by atoms with Crippen molar-refractivity contribution in [3.8, 4) is 34.2 Å². The molecule has 10 heterocycles. The molecule has 0 saturated heterocycles. The van der Waals surface area contributed by atoms with Crippen LogP contribution < -0.4 is 73.5 Å². The van der Waals surface area contributed by atoms with Gasteiger partial charge < -0.3 is 42.6 Å². The summed E-state index contributed by atoms with van der Waals surface area (Å²) in [6.07, 6.45) is 0. The Labute approximate surface area is 724 Å². The number of aromatic nitrogens is 4. The molecule has 0 bridgehead atoms. The fourth-order valence-corrected chi connectivity index (χ4v) is 22.8. The van der Waals surface area contributed by atoms with Crippen LogP contribution in [-0.4, -0.2) is 38.4 Å². The average Bonchev–Trinajstić information content (AvgIpc) is 0.796. The van der Waals surface area contributed by atoms with Crippen molar-refractivity contribution in [3.63, 3.8) is 0 Å². The number of ether oxygens (including phenoxy) is 1. The lowest BCUT2D eigenvalue weighted by Crippen LogP contribution is -2.66. The summed E-state index contributed by atoms with van der Waals surface area (Å²) < 4.78 is 164. The topological polar surface area (TPSA) is 41.9 Å². The second kappa shape index (κ2) is 25.7. The second-order valence-electron chi connectivity index (χ2n) is 33.9. The van der Waals surface area contributed by atoms with Gasteiger partial charge in [0.1, 0.15) is 80.8 Å². The molecule has 0 aliphatic carbocycles. The Kier molecular flexibility index (Phi) is 14.3. The second-order valence-corrected chi connectivity index (χ2v) is 33.9. The van der Waals surface area contributed by atoms with Crippen LogP contribution >= 0.6 is 0 Å². The Balaban J connectivity index is 0.805. The summed E-state index contributed by atoms with van der Waals surface area (Å²) in [6.45, 7) is -2.81. The quantitative estimate of drug-likeness (QED) is 0.117. The van der Waals surface area contributed by atoms with Crippen molar-refractivity contribution >= 4 is 225 Å². The van der Waals surface area contributed by atoms with E-state index in [9.17, 15) is 0 Å². The first-order chi connectivity index (χ1) is 62.9. The Morgan fingerprint density at radius 3 is 0.812 bits per heavy atom. The zero-order valence-electron chi connectivity index (χ0n) is 67.2. The first-order valence-corrected chi connectivity index (χ1v) is 42.5. The van der Waals surface area contributed by atoms with E-state index in [1.807, 2.05) is 205 Å². The first-order valence-electron chi connectivity index (χ1n) is 42.5. The van der Waals surface area contributed by atoms with Crippen LogP contribution in [0.1, 0.15) is 0 Å². The van der Waals surface area contributed by atoms with Gasteiger partial charge in [0.2, 0.25) is 0 Å². The van der Waals surface area contributed by atoms with Crippen LogP contribution in [-0.2, 0) is 0 Å². The molecule has 6 aliphatic heterocycles. The largest absolute Gasteiger partial charge is 0.458 e. The number of rotatable bonds is 7. The Morgan fingerprint density at radius 2 is 0.445 bits per heavy atom. The van der Waals surface area contributed by atoms with E-state index in [4.69, 9.17) is 4.74 Å². The van der Waals surface area contributed by atoms with Crippen LogP contribution in [0.2, 0.25) is 0 Å². The van der Waals surface area contributed by atoms with Gasteiger partial charge in [-0.1, -0.05) is 200 Å². The molecule has 0 amide bonds. The highest BCUT2D eigenvalue weighted by Gasteiger charge is 2.53. The van der Waals surface area contributed by atoms with Crippen LogP contribution in [0.25, 0.3) is 110 Å². The Morgan fingerprint density at radius 1 is 0.188 bits per heavy atom. The summed E-state index contributed by atoms with van der Waals surface area (Å²) in [4.78, 5) is 6.27. The number of fused-ring (bicyclic) bond motifs is 24. The standard InChI is InChI=1S/C108H57B3F8N8O/c112-75-32-18-33-76(113)105(75)124-91-57-93-74(55-72(91)110-70-31-17-29-68-67-28-7-15-46-89(67)123(104(68)70)94-48-58(49-95(124)101(94)110)120-83-40-9-1-22-61(83)62-23-2-10-41-84(62)120)111-73-54-71-90(127(108-81(118)38-21-39-82(108)119)98-52-60(53-100-103(98)109(71)69-30-8-16-47-99(69)128-100)122-87-44-13-5-26-65(87)66-27-6-14-45-88(66)122)56-92(73)125(106-77(114)34-19-35-78(106)115)96-50-59(51-97(102(96)111)126(93)107-79(116)36-20-37-80(107)117)121-85-42-11-3-24-63(85)64-25-4-12-43-86(64)121/h1-57H. The molecular formula is C108H57B3F8N8O. The van der Waals surface area contributed by atoms with Crippen LogP contribution in [0.5, 0.6) is 11.5 Å². The minimum Gasteiger partial charge on any atom is -0.458 e. The molecular weight excluding hydrogens is 1610 g/mol. The summed E-state index contributed by atoms with van der Waals surface area (Å²) in [6, 6.07) is 104. The summed E-state index contributed by atoms with van der Waals surface area (Å²) in [5.74, 6) is -6.77. The Bertz CT molecular complexity index is 8600. The lowest BCUT2D eigenvalue weighted by atomic mass is 9.29. The van der Waals surface area contributed by atoms with Gasteiger partial charge in [-0.15, -0.1) is 0 Å².